The van der Waals surface area contributed by atoms with Crippen molar-refractivity contribution in [2.24, 2.45) is 7.05 Å². The maximum absolute atomic E-state index is 11.8. The fourth-order valence-corrected chi connectivity index (χ4v) is 1.99. The smallest absolute Gasteiger partial charge is 0.225 e. The number of nitrogens with zero attached hydrogens (tertiary/aromatic N) is 3. The van der Waals surface area contributed by atoms with E-state index < -0.39 is 0 Å². The molecule has 0 fully saturated rings. The van der Waals surface area contributed by atoms with Crippen LogP contribution in [0.15, 0.2) is 24.7 Å². The number of halogens is 2. The van der Waals surface area contributed by atoms with Gasteiger partial charge in [-0.1, -0.05) is 23.2 Å². The largest absolute Gasteiger partial charge is 0.309 e. The summed E-state index contributed by atoms with van der Waals surface area (Å²) in [6.45, 7) is 0. The van der Waals surface area contributed by atoms with Crippen molar-refractivity contribution in [2.75, 3.05) is 5.32 Å². The van der Waals surface area contributed by atoms with Crippen LogP contribution < -0.4 is 5.32 Å². The first kappa shape index (κ1) is 13.8. The third-order valence-corrected chi connectivity index (χ3v) is 2.96. The van der Waals surface area contributed by atoms with Crippen LogP contribution in [0.5, 0.6) is 0 Å². The van der Waals surface area contributed by atoms with Gasteiger partial charge in [0.2, 0.25) is 5.91 Å². The van der Waals surface area contributed by atoms with Crippen molar-refractivity contribution >= 4 is 34.9 Å². The zero-order chi connectivity index (χ0) is 13.8. The molecule has 0 radical (unpaired) electrons. The van der Waals surface area contributed by atoms with Crippen LogP contribution in [0.25, 0.3) is 0 Å². The monoisotopic (exact) mass is 298 g/mol. The van der Waals surface area contributed by atoms with Gasteiger partial charge in [-0.25, -0.2) is 4.98 Å². The van der Waals surface area contributed by atoms with Crippen LogP contribution >= 0.6 is 23.2 Å². The molecule has 5 nitrogen and oxygen atoms in total. The van der Waals surface area contributed by atoms with E-state index >= 15 is 0 Å². The molecule has 2 aromatic rings. The summed E-state index contributed by atoms with van der Waals surface area (Å²) < 4.78 is 1.70. The molecule has 0 atom stereocenters. The van der Waals surface area contributed by atoms with E-state index in [0.717, 1.165) is 5.56 Å². The molecular weight excluding hydrogens is 287 g/mol. The average molecular weight is 299 g/mol. The SMILES string of the molecule is Cn1cc(CCC(=O)Nc2ncc(Cl)cc2Cl)cn1. The molecule has 2 rings (SSSR count). The summed E-state index contributed by atoms with van der Waals surface area (Å²) in [6.07, 6.45) is 6.00. The summed E-state index contributed by atoms with van der Waals surface area (Å²) in [5, 5.41) is 7.44. The van der Waals surface area contributed by atoms with Crippen molar-refractivity contribution in [1.82, 2.24) is 14.8 Å². The number of anilines is 1. The molecule has 0 saturated heterocycles. The number of hydrogen-bond acceptors (Lipinski definition) is 3. The molecule has 0 aliphatic carbocycles. The van der Waals surface area contributed by atoms with Crippen molar-refractivity contribution in [2.45, 2.75) is 12.8 Å². The Labute approximate surface area is 120 Å². The molecular formula is C12H12Cl2N4O. The lowest BCUT2D eigenvalue weighted by Crippen LogP contribution is -2.13. The first-order valence-corrected chi connectivity index (χ1v) is 6.38. The Balaban J connectivity index is 1.90. The van der Waals surface area contributed by atoms with E-state index in [1.165, 1.54) is 12.3 Å². The summed E-state index contributed by atoms with van der Waals surface area (Å²) in [5.74, 6) is 0.169. The van der Waals surface area contributed by atoms with Crippen molar-refractivity contribution in [1.29, 1.82) is 0 Å². The summed E-state index contributed by atoms with van der Waals surface area (Å²) in [6, 6.07) is 1.53. The number of amides is 1. The summed E-state index contributed by atoms with van der Waals surface area (Å²) >= 11 is 11.6. The second-order valence-corrected chi connectivity index (χ2v) is 4.90. The van der Waals surface area contributed by atoms with E-state index in [4.69, 9.17) is 23.2 Å². The zero-order valence-corrected chi connectivity index (χ0v) is 11.7. The molecule has 0 aliphatic rings. The molecule has 19 heavy (non-hydrogen) atoms. The van der Waals surface area contributed by atoms with Gasteiger partial charge < -0.3 is 5.32 Å². The van der Waals surface area contributed by atoms with Crippen molar-refractivity contribution in [3.63, 3.8) is 0 Å². The van der Waals surface area contributed by atoms with Crippen LogP contribution in [0, 0.1) is 0 Å². The molecule has 0 saturated carbocycles. The molecule has 0 aromatic carbocycles. The molecule has 0 aliphatic heterocycles. The Morgan fingerprint density at radius 2 is 2.21 bits per heavy atom. The molecule has 2 aromatic heterocycles. The minimum absolute atomic E-state index is 0.152. The average Bonchev–Trinajstić information content (AvgIpc) is 2.76. The highest BCUT2D eigenvalue weighted by Crippen LogP contribution is 2.22. The van der Waals surface area contributed by atoms with Gasteiger partial charge in [-0.3, -0.25) is 9.48 Å². The van der Waals surface area contributed by atoms with Gasteiger partial charge in [0.1, 0.15) is 0 Å². The van der Waals surface area contributed by atoms with Crippen LogP contribution in [0.2, 0.25) is 10.0 Å². The van der Waals surface area contributed by atoms with E-state index in [0.29, 0.717) is 28.7 Å². The Hall–Kier alpha value is -1.59. The molecule has 7 heteroatoms. The van der Waals surface area contributed by atoms with Gasteiger partial charge >= 0.3 is 0 Å². The third kappa shape index (κ3) is 3.94. The fourth-order valence-electron chi connectivity index (χ4n) is 1.56. The topological polar surface area (TPSA) is 59.8 Å². The summed E-state index contributed by atoms with van der Waals surface area (Å²) in [7, 11) is 1.83. The molecule has 0 unspecified atom stereocenters. The Morgan fingerprint density at radius 1 is 1.42 bits per heavy atom. The van der Waals surface area contributed by atoms with Gasteiger partial charge in [0.05, 0.1) is 16.2 Å². The predicted octanol–water partition coefficient (Wildman–Crippen LogP) is 2.69. The number of aromatic nitrogens is 3. The van der Waals surface area contributed by atoms with Crippen LogP contribution in [0.3, 0.4) is 0 Å². The maximum Gasteiger partial charge on any atom is 0.225 e. The normalized spacial score (nSPS) is 10.5. The molecule has 1 amide bonds. The van der Waals surface area contributed by atoms with Gasteiger partial charge in [0, 0.05) is 25.9 Å². The van der Waals surface area contributed by atoms with E-state index in [1.54, 1.807) is 10.9 Å². The van der Waals surface area contributed by atoms with E-state index in [2.05, 4.69) is 15.4 Å². The lowest BCUT2D eigenvalue weighted by Gasteiger charge is -2.05. The highest BCUT2D eigenvalue weighted by atomic mass is 35.5. The van der Waals surface area contributed by atoms with Crippen LogP contribution in [-0.2, 0) is 18.3 Å². The number of carbonyl (C=O) groups excluding carboxylic acids is 1. The van der Waals surface area contributed by atoms with E-state index in [-0.39, 0.29) is 5.91 Å². The number of rotatable bonds is 4. The van der Waals surface area contributed by atoms with Gasteiger partial charge in [-0.15, -0.1) is 0 Å². The zero-order valence-electron chi connectivity index (χ0n) is 10.2. The number of carbonyl (C=O) groups is 1. The minimum Gasteiger partial charge on any atom is -0.309 e. The first-order valence-electron chi connectivity index (χ1n) is 5.63. The summed E-state index contributed by atoms with van der Waals surface area (Å²) in [5.41, 5.74) is 1.01. The first-order chi connectivity index (χ1) is 9.04. The fraction of sp³-hybridized carbons (Fsp3) is 0.250. The van der Waals surface area contributed by atoms with Crippen LogP contribution in [0.1, 0.15) is 12.0 Å². The van der Waals surface area contributed by atoms with Gasteiger partial charge in [-0.05, 0) is 18.1 Å². The van der Waals surface area contributed by atoms with Gasteiger partial charge in [0.15, 0.2) is 5.82 Å². The highest BCUT2D eigenvalue weighted by Gasteiger charge is 2.08. The minimum atomic E-state index is -0.152. The quantitative estimate of drug-likeness (QED) is 0.944. The predicted molar refractivity (Wildman–Crippen MR) is 74.4 cm³/mol. The number of pyridine rings is 1. The lowest BCUT2D eigenvalue weighted by atomic mass is 10.2. The van der Waals surface area contributed by atoms with Crippen molar-refractivity contribution in [3.05, 3.63) is 40.3 Å². The molecule has 0 bridgehead atoms. The Kier molecular flexibility index (Phi) is 4.39. The molecule has 2 heterocycles. The van der Waals surface area contributed by atoms with Crippen molar-refractivity contribution in [3.8, 4) is 0 Å². The van der Waals surface area contributed by atoms with Gasteiger partial charge in [0.25, 0.3) is 0 Å². The lowest BCUT2D eigenvalue weighted by molar-refractivity contribution is -0.116. The molecule has 1 N–H and O–H groups in total. The molecule has 100 valence electrons. The number of aryl methyl sites for hydroxylation is 2. The second-order valence-electron chi connectivity index (χ2n) is 4.05. The third-order valence-electron chi connectivity index (χ3n) is 2.46. The summed E-state index contributed by atoms with van der Waals surface area (Å²) in [4.78, 5) is 15.7. The Morgan fingerprint density at radius 3 is 2.84 bits per heavy atom. The van der Waals surface area contributed by atoms with Gasteiger partial charge in [-0.2, -0.15) is 5.10 Å². The van der Waals surface area contributed by atoms with Crippen LogP contribution in [0.4, 0.5) is 5.82 Å². The second kappa shape index (κ2) is 6.04. The Bertz CT molecular complexity index is 597. The van der Waals surface area contributed by atoms with E-state index in [9.17, 15) is 4.79 Å². The number of nitrogens with one attached hydrogen (secondary N) is 1. The van der Waals surface area contributed by atoms with Crippen molar-refractivity contribution < 1.29 is 4.79 Å². The van der Waals surface area contributed by atoms with E-state index in [1.807, 2.05) is 13.2 Å². The molecule has 0 spiro atoms. The standard InChI is InChI=1S/C12H12Cl2N4O/c1-18-7-8(5-16-18)2-3-11(19)17-12-10(14)4-9(13)6-15-12/h4-7H,2-3H2,1H3,(H,15,17,19). The van der Waals surface area contributed by atoms with Crippen LogP contribution in [-0.4, -0.2) is 20.7 Å². The highest BCUT2D eigenvalue weighted by molar-refractivity contribution is 6.36. The maximum atomic E-state index is 11.8. The number of hydrogen-bond donors (Lipinski definition) is 1.